The van der Waals surface area contributed by atoms with Crippen molar-refractivity contribution in [3.05, 3.63) is 34.9 Å². The minimum Gasteiger partial charge on any atom is -0.387 e. The molecule has 8 heteroatoms. The van der Waals surface area contributed by atoms with E-state index in [9.17, 15) is 19.5 Å². The zero-order valence-corrected chi connectivity index (χ0v) is 17.0. The molecule has 0 radical (unpaired) electrons. The summed E-state index contributed by atoms with van der Waals surface area (Å²) >= 11 is 0. The van der Waals surface area contributed by atoms with Crippen molar-refractivity contribution in [1.82, 2.24) is 20.4 Å². The van der Waals surface area contributed by atoms with Crippen molar-refractivity contribution in [3.8, 4) is 0 Å². The molecule has 0 saturated carbocycles. The second-order valence-corrected chi connectivity index (χ2v) is 9.15. The fraction of sp³-hybridized carbons (Fsp3) is 0.591. The van der Waals surface area contributed by atoms with E-state index in [1.54, 1.807) is 4.90 Å². The quantitative estimate of drug-likeness (QED) is 0.602. The van der Waals surface area contributed by atoms with Gasteiger partial charge in [0.1, 0.15) is 6.04 Å². The number of benzene rings is 1. The smallest absolute Gasteiger partial charge is 0.255 e. The number of hydrogen-bond acceptors (Lipinski definition) is 6. The fourth-order valence-corrected chi connectivity index (χ4v) is 5.28. The normalized spacial score (nSPS) is 27.0. The van der Waals surface area contributed by atoms with Crippen LogP contribution in [0.4, 0.5) is 0 Å². The van der Waals surface area contributed by atoms with Gasteiger partial charge in [0, 0.05) is 38.2 Å². The van der Waals surface area contributed by atoms with Gasteiger partial charge in [-0.3, -0.25) is 24.6 Å². The number of amides is 3. The molecule has 3 N–H and O–H groups in total. The number of piperidine rings is 2. The van der Waals surface area contributed by atoms with Crippen molar-refractivity contribution >= 4 is 17.7 Å². The summed E-state index contributed by atoms with van der Waals surface area (Å²) in [6.07, 6.45) is 2.66. The monoisotopic (exact) mass is 412 g/mol. The fourth-order valence-electron chi connectivity index (χ4n) is 5.28. The van der Waals surface area contributed by atoms with Crippen LogP contribution in [-0.2, 0) is 22.7 Å². The lowest BCUT2D eigenvalue weighted by molar-refractivity contribution is -0.136. The first-order valence-corrected chi connectivity index (χ1v) is 10.8. The third-order valence-electron chi connectivity index (χ3n) is 7.20. The molecule has 0 spiro atoms. The Morgan fingerprint density at radius 1 is 1.10 bits per heavy atom. The number of carbonyl (C=O) groups is 3. The maximum Gasteiger partial charge on any atom is 0.255 e. The number of carbonyl (C=O) groups excluding carboxylic acids is 3. The van der Waals surface area contributed by atoms with Gasteiger partial charge in [0.25, 0.3) is 5.91 Å². The van der Waals surface area contributed by atoms with Crippen LogP contribution in [0.3, 0.4) is 0 Å². The number of likely N-dealkylation sites (tertiary alicyclic amines) is 1. The van der Waals surface area contributed by atoms with E-state index in [2.05, 4.69) is 21.6 Å². The summed E-state index contributed by atoms with van der Waals surface area (Å²) in [5, 5.41) is 16.1. The van der Waals surface area contributed by atoms with E-state index < -0.39 is 11.6 Å². The van der Waals surface area contributed by atoms with E-state index in [4.69, 9.17) is 0 Å². The highest BCUT2D eigenvalue weighted by molar-refractivity contribution is 6.05. The molecule has 160 valence electrons. The summed E-state index contributed by atoms with van der Waals surface area (Å²) in [6, 6.07) is 5.38. The number of fused-ring (bicyclic) bond motifs is 1. The molecule has 30 heavy (non-hydrogen) atoms. The van der Waals surface area contributed by atoms with Gasteiger partial charge in [0.15, 0.2) is 0 Å². The van der Waals surface area contributed by atoms with Crippen LogP contribution in [0.2, 0.25) is 0 Å². The molecule has 3 amide bonds. The molecule has 5 rings (SSSR count). The van der Waals surface area contributed by atoms with Gasteiger partial charge in [0.2, 0.25) is 11.8 Å². The molecule has 1 aromatic carbocycles. The molecule has 4 aliphatic rings. The van der Waals surface area contributed by atoms with Crippen molar-refractivity contribution < 1.29 is 19.5 Å². The Morgan fingerprint density at radius 2 is 1.87 bits per heavy atom. The van der Waals surface area contributed by atoms with Gasteiger partial charge in [-0.05, 0) is 55.5 Å². The van der Waals surface area contributed by atoms with Crippen molar-refractivity contribution in [1.29, 1.82) is 0 Å². The summed E-state index contributed by atoms with van der Waals surface area (Å²) in [5.41, 5.74) is 2.25. The first-order chi connectivity index (χ1) is 14.4. The lowest BCUT2D eigenvalue weighted by atomic mass is 9.76. The molecule has 0 bridgehead atoms. The van der Waals surface area contributed by atoms with Crippen molar-refractivity contribution in [2.24, 2.45) is 5.92 Å². The Kier molecular flexibility index (Phi) is 4.88. The van der Waals surface area contributed by atoms with Gasteiger partial charge in [0.05, 0.1) is 5.60 Å². The third kappa shape index (κ3) is 3.42. The Hall–Kier alpha value is -2.29. The highest BCUT2D eigenvalue weighted by atomic mass is 16.3. The predicted octanol–water partition coefficient (Wildman–Crippen LogP) is -0.00610. The van der Waals surface area contributed by atoms with E-state index in [1.807, 2.05) is 12.1 Å². The molecule has 1 aromatic rings. The lowest BCUT2D eigenvalue weighted by Crippen LogP contribution is -2.64. The first-order valence-electron chi connectivity index (χ1n) is 10.8. The van der Waals surface area contributed by atoms with Crippen LogP contribution in [0.15, 0.2) is 18.2 Å². The largest absolute Gasteiger partial charge is 0.387 e. The number of hydrogen-bond donors (Lipinski definition) is 3. The van der Waals surface area contributed by atoms with Gasteiger partial charge in [-0.1, -0.05) is 12.1 Å². The van der Waals surface area contributed by atoms with Crippen LogP contribution in [0.25, 0.3) is 0 Å². The van der Waals surface area contributed by atoms with Crippen LogP contribution in [0.5, 0.6) is 0 Å². The molecule has 3 saturated heterocycles. The van der Waals surface area contributed by atoms with Crippen LogP contribution in [0.1, 0.15) is 47.2 Å². The van der Waals surface area contributed by atoms with E-state index in [1.165, 1.54) is 0 Å². The van der Waals surface area contributed by atoms with Crippen molar-refractivity contribution in [2.45, 2.75) is 50.4 Å². The highest BCUT2D eigenvalue weighted by Crippen LogP contribution is 2.32. The SMILES string of the molecule is O=C1CCC(N2Cc3cc(CN4CCC(C5(O)CNC5)CC4)ccc3C2=O)C(=O)N1. The number of imide groups is 1. The number of nitrogens with one attached hydrogen (secondary N) is 2. The molecular formula is C22H28N4O4. The molecule has 4 aliphatic heterocycles. The van der Waals surface area contributed by atoms with Gasteiger partial charge < -0.3 is 15.3 Å². The van der Waals surface area contributed by atoms with Gasteiger partial charge in [-0.25, -0.2) is 0 Å². The standard InChI is InChI=1S/C22H28N4O4/c27-19-4-3-18(20(28)24-19)26-11-15-9-14(1-2-17(15)21(26)29)10-25-7-5-16(6-8-25)22(30)12-23-13-22/h1-2,9,16,18,23,30H,3-8,10-13H2,(H,24,27,28). The zero-order valence-electron chi connectivity index (χ0n) is 17.0. The number of rotatable bonds is 4. The molecule has 8 nitrogen and oxygen atoms in total. The third-order valence-corrected chi connectivity index (χ3v) is 7.20. The van der Waals surface area contributed by atoms with E-state index >= 15 is 0 Å². The van der Waals surface area contributed by atoms with Gasteiger partial charge >= 0.3 is 0 Å². The number of β-amino-alcohol motifs (C(OH)–C–C–N with tert-alkyl or cyclic N) is 1. The Balaban J connectivity index is 1.22. The molecule has 0 aromatic heterocycles. The molecule has 1 atom stereocenters. The molecule has 4 heterocycles. The summed E-state index contributed by atoms with van der Waals surface area (Å²) in [6.45, 7) is 4.58. The molecular weight excluding hydrogens is 384 g/mol. The lowest BCUT2D eigenvalue weighted by Gasteiger charge is -2.47. The maximum atomic E-state index is 12.8. The Morgan fingerprint density at radius 3 is 2.53 bits per heavy atom. The summed E-state index contributed by atoms with van der Waals surface area (Å²) < 4.78 is 0. The van der Waals surface area contributed by atoms with Crippen LogP contribution in [0, 0.1) is 5.92 Å². The second-order valence-electron chi connectivity index (χ2n) is 9.15. The van der Waals surface area contributed by atoms with Crippen LogP contribution >= 0.6 is 0 Å². The average molecular weight is 412 g/mol. The van der Waals surface area contributed by atoms with E-state index in [0.717, 1.165) is 43.6 Å². The molecule has 3 fully saturated rings. The van der Waals surface area contributed by atoms with Crippen LogP contribution < -0.4 is 10.6 Å². The minimum atomic E-state index is -0.572. The summed E-state index contributed by atoms with van der Waals surface area (Å²) in [7, 11) is 0. The van der Waals surface area contributed by atoms with Gasteiger partial charge in [-0.2, -0.15) is 0 Å². The maximum absolute atomic E-state index is 12.8. The zero-order chi connectivity index (χ0) is 20.9. The molecule has 1 unspecified atom stereocenters. The first kappa shape index (κ1) is 19.7. The Labute approximate surface area is 175 Å². The minimum absolute atomic E-state index is 0.130. The number of nitrogens with zero attached hydrogens (tertiary/aromatic N) is 2. The molecule has 0 aliphatic carbocycles. The van der Waals surface area contributed by atoms with Crippen molar-refractivity contribution in [3.63, 3.8) is 0 Å². The summed E-state index contributed by atoms with van der Waals surface area (Å²) in [4.78, 5) is 40.4. The number of aliphatic hydroxyl groups is 1. The summed E-state index contributed by atoms with van der Waals surface area (Å²) in [5.74, 6) is -0.407. The topological polar surface area (TPSA) is 102 Å². The average Bonchev–Trinajstić information content (AvgIpc) is 3.02. The Bertz CT molecular complexity index is 889. The highest BCUT2D eigenvalue weighted by Gasteiger charge is 2.43. The van der Waals surface area contributed by atoms with Crippen molar-refractivity contribution in [2.75, 3.05) is 26.2 Å². The second kappa shape index (κ2) is 7.44. The van der Waals surface area contributed by atoms with Gasteiger partial charge in [-0.15, -0.1) is 0 Å². The van der Waals surface area contributed by atoms with E-state index in [-0.39, 0.29) is 24.1 Å². The predicted molar refractivity (Wildman–Crippen MR) is 108 cm³/mol. The van der Waals surface area contributed by atoms with E-state index in [0.29, 0.717) is 37.5 Å². The van der Waals surface area contributed by atoms with Crippen LogP contribution in [-0.4, -0.2) is 70.4 Å².